The highest BCUT2D eigenvalue weighted by atomic mass is 16.2. The average Bonchev–Trinajstić information content (AvgIpc) is 2.97. The second kappa shape index (κ2) is 8.17. The summed E-state index contributed by atoms with van der Waals surface area (Å²) in [7, 11) is 0. The first-order valence-electron chi connectivity index (χ1n) is 7.73. The van der Waals surface area contributed by atoms with Gasteiger partial charge in [0, 0.05) is 13.1 Å². The number of imidazole rings is 1. The second-order valence-electron chi connectivity index (χ2n) is 5.30. The van der Waals surface area contributed by atoms with Crippen LogP contribution < -0.4 is 0 Å². The van der Waals surface area contributed by atoms with Crippen molar-refractivity contribution in [2.75, 3.05) is 13.1 Å². The first kappa shape index (κ1) is 16.0. The molecule has 4 heteroatoms. The Bertz CT molecular complexity index is 616. The summed E-state index contributed by atoms with van der Waals surface area (Å²) in [6, 6.07) is 10.1. The van der Waals surface area contributed by atoms with Gasteiger partial charge in [0.25, 0.3) is 5.91 Å². The molecule has 0 bridgehead atoms. The molecule has 0 saturated carbocycles. The molecule has 1 aromatic heterocycles. The fourth-order valence-electron chi connectivity index (χ4n) is 2.20. The van der Waals surface area contributed by atoms with Crippen LogP contribution in [0.4, 0.5) is 0 Å². The van der Waals surface area contributed by atoms with Gasteiger partial charge in [-0.1, -0.05) is 55.8 Å². The van der Waals surface area contributed by atoms with E-state index < -0.39 is 0 Å². The number of aromatic amines is 1. The summed E-state index contributed by atoms with van der Waals surface area (Å²) in [5, 5.41) is 0. The summed E-state index contributed by atoms with van der Waals surface area (Å²) in [5.41, 5.74) is 1.70. The Balaban J connectivity index is 2.02. The van der Waals surface area contributed by atoms with E-state index in [0.717, 1.165) is 30.8 Å². The molecule has 0 fully saturated rings. The lowest BCUT2D eigenvalue weighted by molar-refractivity contribution is 0.0766. The van der Waals surface area contributed by atoms with Crippen LogP contribution in [0, 0.1) is 6.92 Å². The van der Waals surface area contributed by atoms with Gasteiger partial charge >= 0.3 is 0 Å². The number of H-pyrrole nitrogens is 1. The highest BCUT2D eigenvalue weighted by molar-refractivity contribution is 5.92. The van der Waals surface area contributed by atoms with Gasteiger partial charge in [-0.15, -0.1) is 0 Å². The number of aryl methyl sites for hydroxylation is 1. The number of hydrogen-bond acceptors (Lipinski definition) is 2. The number of hydrogen-bond donors (Lipinski definition) is 1. The number of benzene rings is 1. The maximum absolute atomic E-state index is 12.5. The van der Waals surface area contributed by atoms with Gasteiger partial charge in [0.15, 0.2) is 0 Å². The van der Waals surface area contributed by atoms with Gasteiger partial charge in [-0.05, 0) is 18.9 Å². The van der Waals surface area contributed by atoms with Crippen LogP contribution >= 0.6 is 0 Å². The summed E-state index contributed by atoms with van der Waals surface area (Å²) in [6.45, 7) is 5.34. The number of nitrogens with zero attached hydrogens (tertiary/aromatic N) is 2. The Hall–Kier alpha value is -2.36. The maximum atomic E-state index is 12.5. The zero-order valence-corrected chi connectivity index (χ0v) is 13.2. The van der Waals surface area contributed by atoms with Crippen molar-refractivity contribution >= 4 is 12.0 Å². The smallest absolute Gasteiger partial charge is 0.272 e. The standard InChI is InChI=1S/C18H23N3O/c1-3-4-12-21(18(22)17-14-19-15(2)20-17)13-8-11-16-9-6-5-7-10-16/h5-11,14H,3-4,12-13H2,1-2H3,(H,19,20). The summed E-state index contributed by atoms with van der Waals surface area (Å²) < 4.78 is 0. The molecule has 1 heterocycles. The van der Waals surface area contributed by atoms with Crippen molar-refractivity contribution in [3.05, 3.63) is 59.7 Å². The average molecular weight is 297 g/mol. The van der Waals surface area contributed by atoms with E-state index in [0.29, 0.717) is 12.2 Å². The number of rotatable bonds is 7. The van der Waals surface area contributed by atoms with E-state index in [2.05, 4.69) is 16.9 Å². The Labute approximate surface area is 131 Å². The number of aromatic nitrogens is 2. The van der Waals surface area contributed by atoms with E-state index in [1.807, 2.05) is 54.3 Å². The topological polar surface area (TPSA) is 49.0 Å². The molecular formula is C18H23N3O. The monoisotopic (exact) mass is 297 g/mol. The Morgan fingerprint density at radius 3 is 2.73 bits per heavy atom. The van der Waals surface area contributed by atoms with Crippen LogP contribution in [0.3, 0.4) is 0 Å². The van der Waals surface area contributed by atoms with E-state index in [1.54, 1.807) is 6.20 Å². The molecule has 4 nitrogen and oxygen atoms in total. The largest absolute Gasteiger partial charge is 0.338 e. The molecule has 0 spiro atoms. The van der Waals surface area contributed by atoms with Gasteiger partial charge < -0.3 is 9.88 Å². The second-order valence-corrected chi connectivity index (χ2v) is 5.30. The predicted octanol–water partition coefficient (Wildman–Crippen LogP) is 3.67. The molecule has 22 heavy (non-hydrogen) atoms. The third-order valence-corrected chi connectivity index (χ3v) is 3.44. The van der Waals surface area contributed by atoms with Gasteiger partial charge in [-0.25, -0.2) is 4.98 Å². The number of unbranched alkanes of at least 4 members (excludes halogenated alkanes) is 1. The van der Waals surface area contributed by atoms with Crippen molar-refractivity contribution < 1.29 is 4.79 Å². The number of amides is 1. The van der Waals surface area contributed by atoms with E-state index in [-0.39, 0.29) is 5.91 Å². The van der Waals surface area contributed by atoms with Gasteiger partial charge in [0.2, 0.25) is 0 Å². The van der Waals surface area contributed by atoms with Crippen LogP contribution in [0.25, 0.3) is 6.08 Å². The zero-order chi connectivity index (χ0) is 15.8. The molecule has 116 valence electrons. The normalized spacial score (nSPS) is 11.0. The van der Waals surface area contributed by atoms with Crippen LogP contribution in [0.15, 0.2) is 42.6 Å². The molecule has 0 saturated heterocycles. The van der Waals surface area contributed by atoms with Crippen LogP contribution in [0.1, 0.15) is 41.6 Å². The lowest BCUT2D eigenvalue weighted by atomic mass is 10.2. The van der Waals surface area contributed by atoms with E-state index in [9.17, 15) is 4.79 Å². The summed E-state index contributed by atoms with van der Waals surface area (Å²) >= 11 is 0. The molecule has 1 aromatic carbocycles. The van der Waals surface area contributed by atoms with Crippen molar-refractivity contribution in [3.8, 4) is 0 Å². The lowest BCUT2D eigenvalue weighted by Crippen LogP contribution is -2.32. The minimum Gasteiger partial charge on any atom is -0.338 e. The number of nitrogens with one attached hydrogen (secondary N) is 1. The quantitative estimate of drug-likeness (QED) is 0.847. The molecule has 2 aromatic rings. The zero-order valence-electron chi connectivity index (χ0n) is 13.2. The van der Waals surface area contributed by atoms with Crippen molar-refractivity contribution in [1.29, 1.82) is 0 Å². The van der Waals surface area contributed by atoms with Crippen molar-refractivity contribution in [3.63, 3.8) is 0 Å². The van der Waals surface area contributed by atoms with Crippen LogP contribution in [0.2, 0.25) is 0 Å². The molecule has 2 rings (SSSR count). The summed E-state index contributed by atoms with van der Waals surface area (Å²) in [4.78, 5) is 21.5. The van der Waals surface area contributed by atoms with E-state index in [1.165, 1.54) is 0 Å². The van der Waals surface area contributed by atoms with E-state index in [4.69, 9.17) is 0 Å². The first-order valence-corrected chi connectivity index (χ1v) is 7.73. The molecule has 1 amide bonds. The fourth-order valence-corrected chi connectivity index (χ4v) is 2.20. The van der Waals surface area contributed by atoms with Gasteiger partial charge in [-0.2, -0.15) is 0 Å². The number of carbonyl (C=O) groups is 1. The highest BCUT2D eigenvalue weighted by Crippen LogP contribution is 2.07. The van der Waals surface area contributed by atoms with Gasteiger partial charge in [0.1, 0.15) is 11.5 Å². The van der Waals surface area contributed by atoms with E-state index >= 15 is 0 Å². The number of carbonyl (C=O) groups excluding carboxylic acids is 1. The third kappa shape index (κ3) is 4.58. The van der Waals surface area contributed by atoms with Crippen molar-refractivity contribution in [1.82, 2.24) is 14.9 Å². The van der Waals surface area contributed by atoms with Crippen LogP contribution in [-0.2, 0) is 0 Å². The SMILES string of the molecule is CCCCN(CC=Cc1ccccc1)C(=O)c1cnc(C)[nH]1. The molecule has 1 N–H and O–H groups in total. The molecular weight excluding hydrogens is 274 g/mol. The minimum atomic E-state index is 0.00626. The molecule has 0 aliphatic carbocycles. The molecule has 0 aliphatic rings. The molecule has 0 aliphatic heterocycles. The maximum Gasteiger partial charge on any atom is 0.272 e. The fraction of sp³-hybridized carbons (Fsp3) is 0.333. The molecule has 0 radical (unpaired) electrons. The minimum absolute atomic E-state index is 0.00626. The highest BCUT2D eigenvalue weighted by Gasteiger charge is 2.15. The van der Waals surface area contributed by atoms with Gasteiger partial charge in [0.05, 0.1) is 6.20 Å². The Morgan fingerprint density at radius 2 is 2.09 bits per heavy atom. The first-order chi connectivity index (χ1) is 10.7. The third-order valence-electron chi connectivity index (χ3n) is 3.44. The van der Waals surface area contributed by atoms with Crippen molar-refractivity contribution in [2.45, 2.75) is 26.7 Å². The van der Waals surface area contributed by atoms with Crippen molar-refractivity contribution in [2.24, 2.45) is 0 Å². The predicted molar refractivity (Wildman–Crippen MR) is 89.6 cm³/mol. The Kier molecular flexibility index (Phi) is 5.95. The van der Waals surface area contributed by atoms with Crippen LogP contribution in [-0.4, -0.2) is 33.9 Å². The van der Waals surface area contributed by atoms with Crippen LogP contribution in [0.5, 0.6) is 0 Å². The Morgan fingerprint density at radius 1 is 1.32 bits per heavy atom. The molecule has 0 unspecified atom stereocenters. The molecule has 0 atom stereocenters. The van der Waals surface area contributed by atoms with Gasteiger partial charge in [-0.3, -0.25) is 4.79 Å². The lowest BCUT2D eigenvalue weighted by Gasteiger charge is -2.20. The summed E-state index contributed by atoms with van der Waals surface area (Å²) in [6.07, 6.45) is 7.75. The summed E-state index contributed by atoms with van der Waals surface area (Å²) in [5.74, 6) is 0.769.